The van der Waals surface area contributed by atoms with E-state index >= 15 is 0 Å². The quantitative estimate of drug-likeness (QED) is 0.865. The van der Waals surface area contributed by atoms with Gasteiger partial charge in [-0.2, -0.15) is 0 Å². The summed E-state index contributed by atoms with van der Waals surface area (Å²) in [6.07, 6.45) is 9.36. The Kier molecular flexibility index (Phi) is 3.72. The van der Waals surface area contributed by atoms with Crippen LogP contribution in [0.15, 0.2) is 18.2 Å². The van der Waals surface area contributed by atoms with E-state index in [0.717, 1.165) is 48.3 Å². The van der Waals surface area contributed by atoms with Crippen molar-refractivity contribution >= 4 is 21.6 Å². The van der Waals surface area contributed by atoms with Crippen LogP contribution < -0.4 is 9.62 Å². The van der Waals surface area contributed by atoms with E-state index in [9.17, 15) is 13.2 Å². The third-order valence-corrected chi connectivity index (χ3v) is 8.54. The molecule has 1 N–H and O–H groups in total. The van der Waals surface area contributed by atoms with Crippen LogP contribution in [-0.2, 0) is 16.4 Å². The van der Waals surface area contributed by atoms with Crippen LogP contribution in [-0.4, -0.2) is 32.2 Å². The molecule has 4 aliphatic carbocycles. The molecule has 1 heterocycles. The molecule has 1 unspecified atom stereocenters. The van der Waals surface area contributed by atoms with E-state index in [1.807, 2.05) is 13.0 Å². The van der Waals surface area contributed by atoms with Crippen LogP contribution in [0, 0.1) is 17.8 Å². The van der Waals surface area contributed by atoms with Crippen molar-refractivity contribution in [1.29, 1.82) is 0 Å². The number of fused-ring (bicyclic) bond motifs is 1. The molecule has 1 aromatic rings. The molecule has 4 bridgehead atoms. The molecule has 0 aromatic heterocycles. The lowest BCUT2D eigenvalue weighted by atomic mass is 9.53. The molecule has 0 saturated heterocycles. The topological polar surface area (TPSA) is 66.5 Å². The fraction of sp³-hybridized carbons (Fsp3) is 0.667. The second-order valence-electron chi connectivity index (χ2n) is 9.61. The van der Waals surface area contributed by atoms with Crippen molar-refractivity contribution in [2.24, 2.45) is 17.8 Å². The molecule has 1 atom stereocenters. The Morgan fingerprint density at radius 1 is 1.11 bits per heavy atom. The number of amides is 1. The van der Waals surface area contributed by atoms with Crippen LogP contribution in [0.3, 0.4) is 0 Å². The SMILES string of the molecule is CC1Cc2cc(C(=O)NC34CC5CC(CC(C5)C3)C4)ccc2N1S(C)(=O)=O. The minimum absolute atomic E-state index is 0.00304. The number of nitrogens with zero attached hydrogens (tertiary/aromatic N) is 1. The number of hydrogen-bond acceptors (Lipinski definition) is 3. The second kappa shape index (κ2) is 5.72. The van der Waals surface area contributed by atoms with E-state index in [1.54, 1.807) is 12.1 Å². The van der Waals surface area contributed by atoms with Crippen LogP contribution in [0.2, 0.25) is 0 Å². The number of benzene rings is 1. The monoisotopic (exact) mass is 388 g/mol. The summed E-state index contributed by atoms with van der Waals surface area (Å²) in [6.45, 7) is 1.91. The third kappa shape index (κ3) is 2.87. The van der Waals surface area contributed by atoms with Gasteiger partial charge >= 0.3 is 0 Å². The maximum Gasteiger partial charge on any atom is 0.251 e. The van der Waals surface area contributed by atoms with E-state index in [0.29, 0.717) is 12.0 Å². The zero-order chi connectivity index (χ0) is 19.0. The van der Waals surface area contributed by atoms with Crippen LogP contribution in [0.5, 0.6) is 0 Å². The van der Waals surface area contributed by atoms with Crippen LogP contribution >= 0.6 is 0 Å². The van der Waals surface area contributed by atoms with Gasteiger partial charge in [-0.3, -0.25) is 9.10 Å². The largest absolute Gasteiger partial charge is 0.347 e. The Hall–Kier alpha value is -1.56. The van der Waals surface area contributed by atoms with Gasteiger partial charge in [0.1, 0.15) is 0 Å². The number of anilines is 1. The highest BCUT2D eigenvalue weighted by molar-refractivity contribution is 7.92. The molecule has 4 saturated carbocycles. The van der Waals surface area contributed by atoms with Gasteiger partial charge in [-0.05, 0) is 93.4 Å². The van der Waals surface area contributed by atoms with Crippen molar-refractivity contribution < 1.29 is 13.2 Å². The number of sulfonamides is 1. The number of carbonyl (C=O) groups is 1. The molecule has 6 rings (SSSR count). The molecule has 1 aromatic carbocycles. The van der Waals surface area contributed by atoms with Crippen molar-refractivity contribution in [2.45, 2.75) is 63.5 Å². The summed E-state index contributed by atoms with van der Waals surface area (Å²) in [5, 5.41) is 3.41. The first kappa shape index (κ1) is 17.5. The van der Waals surface area contributed by atoms with Gasteiger partial charge in [0.05, 0.1) is 11.9 Å². The highest BCUT2D eigenvalue weighted by atomic mass is 32.2. The molecule has 0 radical (unpaired) electrons. The fourth-order valence-corrected chi connectivity index (χ4v) is 8.09. The van der Waals surface area contributed by atoms with Crippen molar-refractivity contribution in [3.8, 4) is 0 Å². The molecule has 0 spiro atoms. The van der Waals surface area contributed by atoms with E-state index in [4.69, 9.17) is 0 Å². The number of rotatable bonds is 3. The first-order chi connectivity index (χ1) is 12.7. The van der Waals surface area contributed by atoms with Crippen molar-refractivity contribution in [3.63, 3.8) is 0 Å². The highest BCUT2D eigenvalue weighted by Crippen LogP contribution is 2.55. The Morgan fingerprint density at radius 2 is 1.70 bits per heavy atom. The number of nitrogens with one attached hydrogen (secondary N) is 1. The minimum atomic E-state index is -3.30. The summed E-state index contributed by atoms with van der Waals surface area (Å²) in [6, 6.07) is 5.38. The van der Waals surface area contributed by atoms with Gasteiger partial charge in [0, 0.05) is 17.1 Å². The van der Waals surface area contributed by atoms with E-state index in [1.165, 1.54) is 29.8 Å². The molecule has 1 aliphatic heterocycles. The van der Waals surface area contributed by atoms with Gasteiger partial charge in [0.25, 0.3) is 5.91 Å². The van der Waals surface area contributed by atoms with Crippen LogP contribution in [0.1, 0.15) is 61.4 Å². The second-order valence-corrected chi connectivity index (χ2v) is 11.5. The van der Waals surface area contributed by atoms with Crippen molar-refractivity contribution in [3.05, 3.63) is 29.3 Å². The van der Waals surface area contributed by atoms with Gasteiger partial charge in [-0.15, -0.1) is 0 Å². The van der Waals surface area contributed by atoms with Gasteiger partial charge in [0.15, 0.2) is 0 Å². The average molecular weight is 389 g/mol. The molecule has 6 heteroatoms. The standard InChI is InChI=1S/C21H28N2O3S/c1-13-5-18-9-17(3-4-19(18)23(13)27(2,25)26)20(24)22-21-10-14-6-15(11-21)8-16(7-14)12-21/h3-4,9,13-16H,5-8,10-12H2,1-2H3,(H,22,24). The Balaban J connectivity index is 1.39. The molecule has 1 amide bonds. The van der Waals surface area contributed by atoms with Crippen molar-refractivity contribution in [1.82, 2.24) is 5.32 Å². The zero-order valence-electron chi connectivity index (χ0n) is 16.1. The molecule has 27 heavy (non-hydrogen) atoms. The van der Waals surface area contributed by atoms with Gasteiger partial charge in [-0.25, -0.2) is 8.42 Å². The van der Waals surface area contributed by atoms with Gasteiger partial charge in [-0.1, -0.05) is 0 Å². The minimum Gasteiger partial charge on any atom is -0.347 e. The predicted molar refractivity (Wildman–Crippen MR) is 105 cm³/mol. The maximum absolute atomic E-state index is 13.0. The Morgan fingerprint density at radius 3 is 2.26 bits per heavy atom. The summed E-state index contributed by atoms with van der Waals surface area (Å²) in [4.78, 5) is 13.0. The normalized spacial score (nSPS) is 36.7. The lowest BCUT2D eigenvalue weighted by molar-refractivity contribution is -0.0167. The molecular weight excluding hydrogens is 360 g/mol. The van der Waals surface area contributed by atoms with Crippen molar-refractivity contribution in [2.75, 3.05) is 10.6 Å². The van der Waals surface area contributed by atoms with Crippen LogP contribution in [0.25, 0.3) is 0 Å². The summed E-state index contributed by atoms with van der Waals surface area (Å²) in [5.74, 6) is 2.38. The third-order valence-electron chi connectivity index (χ3n) is 7.27. The van der Waals surface area contributed by atoms with Gasteiger partial charge < -0.3 is 5.32 Å². The summed E-state index contributed by atoms with van der Waals surface area (Å²) < 4.78 is 25.7. The average Bonchev–Trinajstić information content (AvgIpc) is 2.87. The predicted octanol–water partition coefficient (Wildman–Crippen LogP) is 3.10. The molecule has 4 fully saturated rings. The van der Waals surface area contributed by atoms with E-state index in [2.05, 4.69) is 5.32 Å². The number of carbonyl (C=O) groups excluding carboxylic acids is 1. The number of hydrogen-bond donors (Lipinski definition) is 1. The lowest BCUT2D eigenvalue weighted by Crippen LogP contribution is -2.59. The highest BCUT2D eigenvalue weighted by Gasteiger charge is 2.51. The first-order valence-electron chi connectivity index (χ1n) is 10.2. The first-order valence-corrected chi connectivity index (χ1v) is 12.0. The maximum atomic E-state index is 13.0. The molecule has 5 nitrogen and oxygen atoms in total. The summed E-state index contributed by atoms with van der Waals surface area (Å²) in [5.41, 5.74) is 2.33. The van der Waals surface area contributed by atoms with E-state index in [-0.39, 0.29) is 17.5 Å². The zero-order valence-corrected chi connectivity index (χ0v) is 16.9. The summed E-state index contributed by atoms with van der Waals surface area (Å²) in [7, 11) is -3.30. The Bertz CT molecular complexity index is 873. The van der Waals surface area contributed by atoms with E-state index < -0.39 is 10.0 Å². The lowest BCUT2D eigenvalue weighted by Gasteiger charge is -2.56. The fourth-order valence-electron chi connectivity index (χ4n) is 6.83. The van der Waals surface area contributed by atoms with Crippen LogP contribution in [0.4, 0.5) is 5.69 Å². The molecular formula is C21H28N2O3S. The molecule has 5 aliphatic rings. The Labute approximate surface area is 161 Å². The van der Waals surface area contributed by atoms with Gasteiger partial charge in [0.2, 0.25) is 10.0 Å². The summed E-state index contributed by atoms with van der Waals surface area (Å²) >= 11 is 0. The smallest absolute Gasteiger partial charge is 0.251 e. The molecule has 146 valence electrons.